The van der Waals surface area contributed by atoms with E-state index in [2.05, 4.69) is 24.1 Å². The van der Waals surface area contributed by atoms with Crippen molar-refractivity contribution < 1.29 is 4.79 Å². The first-order valence-corrected chi connectivity index (χ1v) is 6.32. The van der Waals surface area contributed by atoms with Crippen molar-refractivity contribution in [3.63, 3.8) is 0 Å². The lowest BCUT2D eigenvalue weighted by molar-refractivity contribution is -0.124. The van der Waals surface area contributed by atoms with E-state index in [1.807, 2.05) is 25.3 Å². The summed E-state index contributed by atoms with van der Waals surface area (Å²) in [7, 11) is 0. The third-order valence-electron chi connectivity index (χ3n) is 2.81. The fourth-order valence-corrected chi connectivity index (χ4v) is 1.69. The maximum Gasteiger partial charge on any atom is 0.242 e. The number of nitrogens with two attached hydrogens (primary N) is 1. The zero-order valence-corrected chi connectivity index (χ0v) is 11.9. The Balaban J connectivity index is 2.81. The van der Waals surface area contributed by atoms with Gasteiger partial charge in [0.15, 0.2) is 0 Å². The molecule has 18 heavy (non-hydrogen) atoms. The summed E-state index contributed by atoms with van der Waals surface area (Å²) < 4.78 is 1.83. The molecule has 1 atom stereocenters. The predicted molar refractivity (Wildman–Crippen MR) is 72.0 cm³/mol. The molecule has 5 heteroatoms. The molecular formula is C13H24N4O. The van der Waals surface area contributed by atoms with Crippen LogP contribution in [0.5, 0.6) is 0 Å². The van der Waals surface area contributed by atoms with E-state index in [0.717, 1.165) is 5.69 Å². The molecule has 0 bridgehead atoms. The van der Waals surface area contributed by atoms with Crippen LogP contribution in [0.25, 0.3) is 0 Å². The molecule has 0 aliphatic rings. The molecule has 0 saturated carbocycles. The molecular weight excluding hydrogens is 228 g/mol. The second kappa shape index (κ2) is 5.52. The number of carbonyl (C=O) groups is 1. The molecule has 0 aliphatic carbocycles. The summed E-state index contributed by atoms with van der Waals surface area (Å²) in [5.74, 6) is 0.432. The Kier molecular flexibility index (Phi) is 4.51. The summed E-state index contributed by atoms with van der Waals surface area (Å²) in [5.41, 5.74) is 6.41. The van der Waals surface area contributed by atoms with Crippen molar-refractivity contribution in [2.24, 2.45) is 11.7 Å². The fraction of sp³-hybridized carbons (Fsp3) is 0.692. The van der Waals surface area contributed by atoms with Crippen molar-refractivity contribution in [2.45, 2.75) is 46.2 Å². The number of nitrogens with zero attached hydrogens (tertiary/aromatic N) is 2. The number of imidazole rings is 1. The van der Waals surface area contributed by atoms with Crippen molar-refractivity contribution in [2.75, 3.05) is 6.54 Å². The maximum atomic E-state index is 12.0. The summed E-state index contributed by atoms with van der Waals surface area (Å²) >= 11 is 0. The molecule has 0 saturated heterocycles. The zero-order valence-electron chi connectivity index (χ0n) is 11.9. The first-order valence-electron chi connectivity index (χ1n) is 6.32. The third kappa shape index (κ3) is 3.57. The van der Waals surface area contributed by atoms with Gasteiger partial charge in [-0.3, -0.25) is 4.79 Å². The number of hydrogen-bond donors (Lipinski definition) is 2. The standard InChI is InChI=1S/C13H24N4O/c1-9(2)6-16-12(18)10(3)17-8-15-7-11(17)13(4,5)14/h7-10H,6,14H2,1-5H3,(H,16,18). The lowest BCUT2D eigenvalue weighted by Gasteiger charge is -2.24. The van der Waals surface area contributed by atoms with Crippen LogP contribution in [0.15, 0.2) is 12.5 Å². The molecule has 3 N–H and O–H groups in total. The van der Waals surface area contributed by atoms with Crippen LogP contribution >= 0.6 is 0 Å². The molecule has 0 radical (unpaired) electrons. The molecule has 1 heterocycles. The summed E-state index contributed by atoms with van der Waals surface area (Å²) in [6.07, 6.45) is 3.37. The van der Waals surface area contributed by atoms with E-state index in [4.69, 9.17) is 5.73 Å². The van der Waals surface area contributed by atoms with Crippen molar-refractivity contribution in [1.29, 1.82) is 0 Å². The Morgan fingerprint density at radius 2 is 2.11 bits per heavy atom. The Bertz CT molecular complexity index is 403. The second-order valence-electron chi connectivity index (χ2n) is 5.72. The monoisotopic (exact) mass is 252 g/mol. The highest BCUT2D eigenvalue weighted by Gasteiger charge is 2.24. The van der Waals surface area contributed by atoms with Crippen LogP contribution in [0.4, 0.5) is 0 Å². The van der Waals surface area contributed by atoms with E-state index in [1.165, 1.54) is 0 Å². The maximum absolute atomic E-state index is 12.0. The van der Waals surface area contributed by atoms with Gasteiger partial charge >= 0.3 is 0 Å². The van der Waals surface area contributed by atoms with E-state index in [1.54, 1.807) is 12.5 Å². The van der Waals surface area contributed by atoms with Gasteiger partial charge in [-0.2, -0.15) is 0 Å². The Hall–Kier alpha value is -1.36. The van der Waals surface area contributed by atoms with Gasteiger partial charge in [0.25, 0.3) is 0 Å². The minimum Gasteiger partial charge on any atom is -0.354 e. The predicted octanol–water partition coefficient (Wildman–Crippen LogP) is 1.41. The summed E-state index contributed by atoms with van der Waals surface area (Å²) in [5, 5.41) is 2.92. The number of aromatic nitrogens is 2. The number of carbonyl (C=O) groups excluding carboxylic acids is 1. The molecule has 0 spiro atoms. The van der Waals surface area contributed by atoms with Gasteiger partial charge in [-0.05, 0) is 26.7 Å². The highest BCUT2D eigenvalue weighted by Crippen LogP contribution is 2.20. The average molecular weight is 252 g/mol. The Morgan fingerprint density at radius 3 is 2.61 bits per heavy atom. The summed E-state index contributed by atoms with van der Waals surface area (Å²) in [4.78, 5) is 16.1. The van der Waals surface area contributed by atoms with Crippen LogP contribution in [0.1, 0.15) is 46.4 Å². The third-order valence-corrected chi connectivity index (χ3v) is 2.81. The molecule has 1 unspecified atom stereocenters. The van der Waals surface area contributed by atoms with E-state index in [0.29, 0.717) is 12.5 Å². The molecule has 5 nitrogen and oxygen atoms in total. The van der Waals surface area contributed by atoms with Gasteiger partial charge in [-0.1, -0.05) is 13.8 Å². The number of amides is 1. The summed E-state index contributed by atoms with van der Waals surface area (Å²) in [6, 6.07) is -0.302. The zero-order chi connectivity index (χ0) is 13.9. The van der Waals surface area contributed by atoms with E-state index < -0.39 is 5.54 Å². The minimum atomic E-state index is -0.511. The number of hydrogen-bond acceptors (Lipinski definition) is 3. The van der Waals surface area contributed by atoms with Gasteiger partial charge in [0.1, 0.15) is 6.04 Å². The van der Waals surface area contributed by atoms with E-state index in [-0.39, 0.29) is 11.9 Å². The average Bonchev–Trinajstić information content (AvgIpc) is 2.72. The smallest absolute Gasteiger partial charge is 0.242 e. The highest BCUT2D eigenvalue weighted by molar-refractivity contribution is 5.80. The number of rotatable bonds is 5. The fourth-order valence-electron chi connectivity index (χ4n) is 1.69. The van der Waals surface area contributed by atoms with Gasteiger partial charge in [0, 0.05) is 6.54 Å². The quantitative estimate of drug-likeness (QED) is 0.832. The molecule has 102 valence electrons. The molecule has 1 aromatic rings. The van der Waals surface area contributed by atoms with Crippen LogP contribution in [0.3, 0.4) is 0 Å². The van der Waals surface area contributed by atoms with Gasteiger partial charge in [-0.25, -0.2) is 4.98 Å². The van der Waals surface area contributed by atoms with Crippen molar-refractivity contribution >= 4 is 5.91 Å². The van der Waals surface area contributed by atoms with Crippen molar-refractivity contribution in [3.05, 3.63) is 18.2 Å². The minimum absolute atomic E-state index is 0.00722. The van der Waals surface area contributed by atoms with Crippen molar-refractivity contribution in [1.82, 2.24) is 14.9 Å². The number of nitrogens with one attached hydrogen (secondary N) is 1. The van der Waals surface area contributed by atoms with Gasteiger partial charge in [0.2, 0.25) is 5.91 Å². The molecule has 1 aromatic heterocycles. The summed E-state index contributed by atoms with van der Waals surface area (Å²) in [6.45, 7) is 10.5. The normalized spacial score (nSPS) is 13.7. The molecule has 0 aromatic carbocycles. The highest BCUT2D eigenvalue weighted by atomic mass is 16.2. The van der Waals surface area contributed by atoms with Gasteiger partial charge < -0.3 is 15.6 Å². The van der Waals surface area contributed by atoms with Crippen molar-refractivity contribution in [3.8, 4) is 0 Å². The van der Waals surface area contributed by atoms with Crippen LogP contribution in [-0.4, -0.2) is 22.0 Å². The topological polar surface area (TPSA) is 72.9 Å². The SMILES string of the molecule is CC(C)CNC(=O)C(C)n1cncc1C(C)(C)N. The lowest BCUT2D eigenvalue weighted by Crippen LogP contribution is -2.37. The first-order chi connectivity index (χ1) is 8.23. The molecule has 0 aliphatic heterocycles. The Labute approximate surface area is 109 Å². The second-order valence-corrected chi connectivity index (χ2v) is 5.72. The largest absolute Gasteiger partial charge is 0.354 e. The lowest BCUT2D eigenvalue weighted by atomic mass is 10.0. The van der Waals surface area contributed by atoms with Crippen LogP contribution in [0.2, 0.25) is 0 Å². The van der Waals surface area contributed by atoms with Crippen LogP contribution in [-0.2, 0) is 10.3 Å². The van der Waals surface area contributed by atoms with Crippen LogP contribution < -0.4 is 11.1 Å². The van der Waals surface area contributed by atoms with E-state index >= 15 is 0 Å². The molecule has 0 fully saturated rings. The van der Waals surface area contributed by atoms with Crippen LogP contribution in [0, 0.1) is 5.92 Å². The first kappa shape index (κ1) is 14.7. The van der Waals surface area contributed by atoms with Gasteiger partial charge in [0.05, 0.1) is 23.8 Å². The molecule has 1 amide bonds. The van der Waals surface area contributed by atoms with E-state index in [9.17, 15) is 4.79 Å². The van der Waals surface area contributed by atoms with Gasteiger partial charge in [-0.15, -0.1) is 0 Å². The molecule has 1 rings (SSSR count). The Morgan fingerprint density at radius 1 is 1.50 bits per heavy atom.